The molecule has 1 aromatic heterocycles. The van der Waals surface area contributed by atoms with Gasteiger partial charge in [0.2, 0.25) is 0 Å². The van der Waals surface area contributed by atoms with E-state index < -0.39 is 0 Å². The van der Waals surface area contributed by atoms with Crippen LogP contribution in [0.1, 0.15) is 35.8 Å². The zero-order chi connectivity index (χ0) is 13.5. The molecule has 4 N–H and O–H groups in total. The molecule has 6 heteroatoms. The van der Waals surface area contributed by atoms with Crippen LogP contribution < -0.4 is 16.6 Å². The molecule has 0 spiro atoms. The highest BCUT2D eigenvalue weighted by Gasteiger charge is 2.11. The number of anilines is 1. The summed E-state index contributed by atoms with van der Waals surface area (Å²) in [4.78, 5) is 16.3. The summed E-state index contributed by atoms with van der Waals surface area (Å²) >= 11 is 1.70. The van der Waals surface area contributed by atoms with Gasteiger partial charge in [0.05, 0.1) is 0 Å². The minimum atomic E-state index is -0.0927. The molecule has 1 heterocycles. The van der Waals surface area contributed by atoms with Crippen molar-refractivity contribution in [1.29, 1.82) is 0 Å². The molecule has 0 saturated carbocycles. The normalized spacial score (nSPS) is 10.5. The number of nitrogens with two attached hydrogens (primary N) is 1. The minimum Gasteiger partial charge on any atom is -0.351 e. The lowest BCUT2D eigenvalue weighted by Crippen LogP contribution is -2.26. The number of carbonyl (C=O) groups excluding carboxylic acids is 1. The van der Waals surface area contributed by atoms with Crippen LogP contribution in [-0.2, 0) is 0 Å². The monoisotopic (exact) mass is 268 g/mol. The van der Waals surface area contributed by atoms with Crippen molar-refractivity contribution in [3.63, 3.8) is 0 Å². The van der Waals surface area contributed by atoms with Crippen molar-refractivity contribution in [3.8, 4) is 0 Å². The van der Waals surface area contributed by atoms with Crippen molar-refractivity contribution in [1.82, 2.24) is 10.3 Å². The Balaban J connectivity index is 2.86. The molecule has 1 aromatic rings. The summed E-state index contributed by atoms with van der Waals surface area (Å²) in [5.74, 6) is 6.92. The number of rotatable bonds is 6. The van der Waals surface area contributed by atoms with E-state index in [2.05, 4.69) is 15.7 Å². The summed E-state index contributed by atoms with van der Waals surface area (Å²) in [7, 11) is 0. The predicted molar refractivity (Wildman–Crippen MR) is 76.9 cm³/mol. The Labute approximate surface area is 112 Å². The number of nitrogen functional groups attached to an aromatic ring is 1. The molecule has 0 fully saturated rings. The van der Waals surface area contributed by atoms with Crippen molar-refractivity contribution in [2.45, 2.75) is 19.8 Å². The fourth-order valence-corrected chi connectivity index (χ4v) is 1.73. The average molecular weight is 268 g/mol. The van der Waals surface area contributed by atoms with E-state index in [1.54, 1.807) is 23.9 Å². The number of nitrogens with zero attached hydrogens (tertiary/aromatic N) is 1. The van der Waals surface area contributed by atoms with Crippen LogP contribution >= 0.6 is 11.8 Å². The van der Waals surface area contributed by atoms with Gasteiger partial charge in [0.1, 0.15) is 5.82 Å². The molecular formula is C12H20N4OS. The number of hydrogen-bond acceptors (Lipinski definition) is 5. The summed E-state index contributed by atoms with van der Waals surface area (Å²) in [5, 5.41) is 2.86. The average Bonchev–Trinajstić information content (AvgIpc) is 2.38. The van der Waals surface area contributed by atoms with Gasteiger partial charge >= 0.3 is 0 Å². The second-order valence-electron chi connectivity index (χ2n) is 4.21. The van der Waals surface area contributed by atoms with Crippen LogP contribution in [0.3, 0.4) is 0 Å². The fraction of sp³-hybridized carbons (Fsp3) is 0.500. The summed E-state index contributed by atoms with van der Waals surface area (Å²) in [5.41, 5.74) is 3.92. The van der Waals surface area contributed by atoms with E-state index in [9.17, 15) is 4.79 Å². The lowest BCUT2D eigenvalue weighted by atomic mass is 10.1. The topological polar surface area (TPSA) is 80.0 Å². The lowest BCUT2D eigenvalue weighted by Gasteiger charge is -2.11. The van der Waals surface area contributed by atoms with Crippen LogP contribution in [0.5, 0.6) is 0 Å². The largest absolute Gasteiger partial charge is 0.351 e. The van der Waals surface area contributed by atoms with Gasteiger partial charge in [-0.3, -0.25) is 4.79 Å². The molecule has 0 aromatic carbocycles. The molecule has 100 valence electrons. The van der Waals surface area contributed by atoms with E-state index in [1.807, 2.05) is 20.1 Å². The molecular weight excluding hydrogens is 248 g/mol. The Morgan fingerprint density at radius 3 is 2.78 bits per heavy atom. The molecule has 5 nitrogen and oxygen atoms in total. The molecule has 0 atom stereocenters. The first kappa shape index (κ1) is 14.8. The zero-order valence-corrected chi connectivity index (χ0v) is 11.8. The highest BCUT2D eigenvalue weighted by atomic mass is 32.2. The first-order valence-electron chi connectivity index (χ1n) is 5.84. The number of carbonyl (C=O) groups is 1. The van der Waals surface area contributed by atoms with Gasteiger partial charge in [-0.05, 0) is 24.3 Å². The van der Waals surface area contributed by atoms with Gasteiger partial charge in [0.25, 0.3) is 5.91 Å². The molecule has 0 aliphatic heterocycles. The van der Waals surface area contributed by atoms with Crippen LogP contribution in [0.4, 0.5) is 5.82 Å². The van der Waals surface area contributed by atoms with Crippen LogP contribution in [0, 0.1) is 0 Å². The third kappa shape index (κ3) is 4.19. The number of pyridine rings is 1. The second-order valence-corrected chi connectivity index (χ2v) is 5.20. The summed E-state index contributed by atoms with van der Waals surface area (Å²) in [6, 6.07) is 3.46. The molecule has 0 aliphatic carbocycles. The molecule has 0 aliphatic rings. The Hall–Kier alpha value is -1.27. The zero-order valence-electron chi connectivity index (χ0n) is 11.0. The Morgan fingerprint density at radius 1 is 1.50 bits per heavy atom. The van der Waals surface area contributed by atoms with E-state index in [0.29, 0.717) is 17.9 Å². The minimum absolute atomic E-state index is 0.0927. The van der Waals surface area contributed by atoms with Crippen LogP contribution in [0.2, 0.25) is 0 Å². The van der Waals surface area contributed by atoms with Gasteiger partial charge in [-0.15, -0.1) is 0 Å². The molecule has 1 rings (SSSR count). The van der Waals surface area contributed by atoms with E-state index in [0.717, 1.165) is 11.4 Å². The molecule has 18 heavy (non-hydrogen) atoms. The van der Waals surface area contributed by atoms with Gasteiger partial charge in [-0.2, -0.15) is 11.8 Å². The third-order valence-electron chi connectivity index (χ3n) is 2.44. The molecule has 0 saturated heterocycles. The first-order chi connectivity index (χ1) is 8.58. The van der Waals surface area contributed by atoms with E-state index in [4.69, 9.17) is 5.84 Å². The first-order valence-corrected chi connectivity index (χ1v) is 7.23. The van der Waals surface area contributed by atoms with Crippen molar-refractivity contribution < 1.29 is 4.79 Å². The quantitative estimate of drug-likeness (QED) is 0.415. The highest BCUT2D eigenvalue weighted by Crippen LogP contribution is 2.17. The maximum Gasteiger partial charge on any atom is 0.251 e. The van der Waals surface area contributed by atoms with E-state index >= 15 is 0 Å². The highest BCUT2D eigenvalue weighted by molar-refractivity contribution is 7.98. The number of aromatic nitrogens is 1. The van der Waals surface area contributed by atoms with Crippen molar-refractivity contribution in [2.75, 3.05) is 24.0 Å². The van der Waals surface area contributed by atoms with E-state index in [-0.39, 0.29) is 11.8 Å². The summed E-state index contributed by atoms with van der Waals surface area (Å²) in [6.45, 7) is 4.71. The van der Waals surface area contributed by atoms with Crippen LogP contribution in [0.15, 0.2) is 12.1 Å². The lowest BCUT2D eigenvalue weighted by molar-refractivity contribution is 0.0956. The van der Waals surface area contributed by atoms with Crippen LogP contribution in [0.25, 0.3) is 0 Å². The van der Waals surface area contributed by atoms with Crippen molar-refractivity contribution in [2.24, 2.45) is 5.84 Å². The van der Waals surface area contributed by atoms with Gasteiger partial charge < -0.3 is 10.7 Å². The van der Waals surface area contributed by atoms with Crippen LogP contribution in [-0.4, -0.2) is 29.4 Å². The third-order valence-corrected chi connectivity index (χ3v) is 3.05. The molecule has 0 unspecified atom stereocenters. The van der Waals surface area contributed by atoms with Gasteiger partial charge in [0, 0.05) is 23.6 Å². The number of hydrogen-bond donors (Lipinski definition) is 3. The number of amides is 1. The summed E-state index contributed by atoms with van der Waals surface area (Å²) < 4.78 is 0. The fourth-order valence-electron chi connectivity index (χ4n) is 1.42. The standard InChI is InChI=1S/C12H20N4OS/c1-8(2)10-6-9(7-11(15-10)16-13)12(17)14-4-5-18-3/h6-8H,4-5,13H2,1-3H3,(H,14,17)(H,15,16). The number of thioether (sulfide) groups is 1. The number of hydrazine groups is 1. The Kier molecular flexibility index (Phi) is 5.94. The van der Waals surface area contributed by atoms with Gasteiger partial charge in [-0.25, -0.2) is 10.8 Å². The summed E-state index contributed by atoms with van der Waals surface area (Å²) in [6.07, 6.45) is 2.01. The second kappa shape index (κ2) is 7.23. The smallest absolute Gasteiger partial charge is 0.251 e. The maximum absolute atomic E-state index is 11.9. The Morgan fingerprint density at radius 2 is 2.22 bits per heavy atom. The van der Waals surface area contributed by atoms with Gasteiger partial charge in [0.15, 0.2) is 0 Å². The van der Waals surface area contributed by atoms with E-state index in [1.165, 1.54) is 0 Å². The molecule has 1 amide bonds. The van der Waals surface area contributed by atoms with Crippen molar-refractivity contribution >= 4 is 23.5 Å². The van der Waals surface area contributed by atoms with Crippen molar-refractivity contribution in [3.05, 3.63) is 23.4 Å². The Bertz CT molecular complexity index is 409. The number of nitrogens with one attached hydrogen (secondary N) is 2. The molecule has 0 radical (unpaired) electrons. The maximum atomic E-state index is 11.9. The SMILES string of the molecule is CSCCNC(=O)c1cc(NN)nc(C(C)C)c1. The van der Waals surface area contributed by atoms with Gasteiger partial charge in [-0.1, -0.05) is 13.8 Å². The predicted octanol–water partition coefficient (Wildman–Crippen LogP) is 1.58. The molecule has 0 bridgehead atoms.